The van der Waals surface area contributed by atoms with Crippen molar-refractivity contribution in [3.63, 3.8) is 0 Å². The zero-order valence-corrected chi connectivity index (χ0v) is 20.6. The number of carboxylic acids is 1. The van der Waals surface area contributed by atoms with Gasteiger partial charge in [-0.2, -0.15) is 0 Å². The Bertz CT molecular complexity index is 1450. The maximum atomic E-state index is 12.6. The summed E-state index contributed by atoms with van der Waals surface area (Å²) in [5, 5.41) is 39.8. The van der Waals surface area contributed by atoms with E-state index in [0.29, 0.717) is 17.7 Å². The highest BCUT2D eigenvalue weighted by Gasteiger charge is 2.17. The summed E-state index contributed by atoms with van der Waals surface area (Å²) < 4.78 is 0. The Kier molecular flexibility index (Phi) is 8.75. The van der Waals surface area contributed by atoms with Gasteiger partial charge >= 0.3 is 5.97 Å². The Morgan fingerprint density at radius 3 is 1.95 bits per heavy atom. The van der Waals surface area contributed by atoms with Gasteiger partial charge in [0, 0.05) is 5.69 Å². The van der Waals surface area contributed by atoms with Gasteiger partial charge in [-0.15, -0.1) is 0 Å². The molecule has 0 fully saturated rings. The number of carboxylic acid groups (broad SMARTS) is 1. The van der Waals surface area contributed by atoms with Gasteiger partial charge in [0.05, 0.1) is 23.4 Å². The third-order valence-electron chi connectivity index (χ3n) is 5.88. The Morgan fingerprint density at radius 1 is 0.692 bits per heavy atom. The van der Waals surface area contributed by atoms with Gasteiger partial charge in [-0.25, -0.2) is 9.68 Å². The van der Waals surface area contributed by atoms with Crippen molar-refractivity contribution in [1.82, 2.24) is 0 Å². The van der Waals surface area contributed by atoms with E-state index in [9.17, 15) is 24.9 Å². The summed E-state index contributed by atoms with van der Waals surface area (Å²) in [6, 6.07) is 23.1. The summed E-state index contributed by atoms with van der Waals surface area (Å²) in [5.74, 6) is -2.06. The quantitative estimate of drug-likeness (QED) is 0.114. The lowest BCUT2D eigenvalue weighted by Gasteiger charge is -2.11. The molecule has 10 heteroatoms. The molecule has 4 aromatic carbocycles. The minimum atomic E-state index is -1.31. The van der Waals surface area contributed by atoms with Gasteiger partial charge in [0.25, 0.3) is 5.91 Å². The fraction of sp³-hybridized carbons (Fsp3) is 0.103. The van der Waals surface area contributed by atoms with Gasteiger partial charge in [-0.1, -0.05) is 30.3 Å². The molecule has 0 aliphatic heterocycles. The molecular weight excluding hydrogens is 504 g/mol. The molecular formula is C29H26N2O8. The van der Waals surface area contributed by atoms with Gasteiger partial charge in [-0.3, -0.25) is 20.4 Å². The molecule has 1 amide bonds. The summed E-state index contributed by atoms with van der Waals surface area (Å²) in [5.41, 5.74) is 7.18. The van der Waals surface area contributed by atoms with E-state index in [4.69, 9.17) is 10.1 Å². The molecule has 0 spiro atoms. The molecule has 0 radical (unpaired) electrons. The predicted octanol–water partition coefficient (Wildman–Crippen LogP) is 5.17. The number of phenolic OH excluding ortho intramolecular Hbond substituents is 2. The molecule has 0 atom stereocenters. The minimum absolute atomic E-state index is 0.0512. The first kappa shape index (κ1) is 27.1. The van der Waals surface area contributed by atoms with Gasteiger partial charge in [0.1, 0.15) is 18.1 Å². The van der Waals surface area contributed by atoms with Crippen LogP contribution in [0.25, 0.3) is 0 Å². The van der Waals surface area contributed by atoms with Crippen LogP contribution in [-0.2, 0) is 29.4 Å². The molecule has 0 aliphatic carbocycles. The fourth-order valence-corrected chi connectivity index (χ4v) is 3.89. The van der Waals surface area contributed by atoms with Crippen LogP contribution in [0.2, 0.25) is 0 Å². The van der Waals surface area contributed by atoms with Crippen LogP contribution in [0.15, 0.2) is 84.9 Å². The van der Waals surface area contributed by atoms with E-state index < -0.39 is 11.9 Å². The third kappa shape index (κ3) is 7.33. The van der Waals surface area contributed by atoms with Crippen LogP contribution >= 0.6 is 0 Å². The maximum Gasteiger partial charge on any atom is 0.336 e. The Morgan fingerprint density at radius 2 is 1.31 bits per heavy atom. The Hall–Kier alpha value is -4.90. The van der Waals surface area contributed by atoms with Crippen LogP contribution < -0.4 is 10.8 Å². The van der Waals surface area contributed by atoms with E-state index >= 15 is 0 Å². The summed E-state index contributed by atoms with van der Waals surface area (Å²) in [7, 11) is 0. The molecule has 4 aromatic rings. The molecule has 0 heterocycles. The van der Waals surface area contributed by atoms with E-state index in [-0.39, 0.29) is 35.8 Å². The normalized spacial score (nSPS) is 10.7. The SMILES string of the molecule is O=C(O)c1cc(O)ccc1C(=O)Nc1ccc(Cc2ccc(NOCc3ccc(O)cc3COO)cc2)cc1. The highest BCUT2D eigenvalue weighted by molar-refractivity contribution is 6.10. The number of phenols is 2. The molecule has 39 heavy (non-hydrogen) atoms. The van der Waals surface area contributed by atoms with E-state index in [2.05, 4.69) is 15.7 Å². The number of amides is 1. The molecule has 0 saturated carbocycles. The van der Waals surface area contributed by atoms with Crippen molar-refractivity contribution < 1.29 is 39.9 Å². The minimum Gasteiger partial charge on any atom is -0.508 e. The lowest BCUT2D eigenvalue weighted by Crippen LogP contribution is -2.16. The number of carbonyl (C=O) groups excluding carboxylic acids is 1. The number of hydrogen-bond donors (Lipinski definition) is 6. The number of nitrogens with one attached hydrogen (secondary N) is 2. The number of benzene rings is 4. The van der Waals surface area contributed by atoms with Crippen molar-refractivity contribution in [1.29, 1.82) is 0 Å². The van der Waals surface area contributed by atoms with Crippen molar-refractivity contribution in [2.45, 2.75) is 19.6 Å². The molecule has 0 aliphatic rings. The lowest BCUT2D eigenvalue weighted by molar-refractivity contribution is -0.253. The number of aromatic carboxylic acids is 1. The number of rotatable bonds is 11. The zero-order chi connectivity index (χ0) is 27.8. The van der Waals surface area contributed by atoms with Crippen LogP contribution in [0.4, 0.5) is 11.4 Å². The van der Waals surface area contributed by atoms with E-state index in [1.165, 1.54) is 24.3 Å². The van der Waals surface area contributed by atoms with E-state index in [1.54, 1.807) is 18.2 Å². The maximum absolute atomic E-state index is 12.6. The second kappa shape index (κ2) is 12.6. The van der Waals surface area contributed by atoms with Crippen molar-refractivity contribution in [2.75, 3.05) is 10.8 Å². The van der Waals surface area contributed by atoms with Crippen LogP contribution in [0.1, 0.15) is 43.0 Å². The zero-order valence-electron chi connectivity index (χ0n) is 20.6. The van der Waals surface area contributed by atoms with Crippen LogP contribution in [0.3, 0.4) is 0 Å². The molecule has 0 unspecified atom stereocenters. The molecule has 10 nitrogen and oxygen atoms in total. The number of carbonyl (C=O) groups is 2. The summed E-state index contributed by atoms with van der Waals surface area (Å²) >= 11 is 0. The Balaban J connectivity index is 1.30. The summed E-state index contributed by atoms with van der Waals surface area (Å²) in [6.45, 7) is 0.118. The van der Waals surface area contributed by atoms with E-state index in [0.717, 1.165) is 28.4 Å². The summed E-state index contributed by atoms with van der Waals surface area (Å²) in [4.78, 5) is 33.7. The van der Waals surface area contributed by atoms with Crippen LogP contribution in [0.5, 0.6) is 11.5 Å². The first-order valence-corrected chi connectivity index (χ1v) is 11.8. The topological polar surface area (TPSA) is 158 Å². The fourth-order valence-electron chi connectivity index (χ4n) is 3.89. The number of aromatic hydroxyl groups is 2. The highest BCUT2D eigenvalue weighted by Crippen LogP contribution is 2.21. The largest absolute Gasteiger partial charge is 0.508 e. The van der Waals surface area contributed by atoms with E-state index in [1.807, 2.05) is 36.4 Å². The van der Waals surface area contributed by atoms with Gasteiger partial charge in [0.2, 0.25) is 0 Å². The standard InChI is InChI=1S/C29H26N2O8/c32-24-10-5-20(21(14-24)17-39-37)16-38-31-23-8-3-19(4-9-23)13-18-1-6-22(7-2-18)30-28(34)26-12-11-25(33)15-27(26)29(35)36/h1-12,14-15,31-33,37H,13,16-17H2,(H,30,34)(H,35,36). The Labute approximate surface area is 223 Å². The molecule has 0 aromatic heterocycles. The average Bonchev–Trinajstić information content (AvgIpc) is 2.92. The first-order valence-electron chi connectivity index (χ1n) is 11.8. The molecule has 0 saturated heterocycles. The van der Waals surface area contributed by atoms with Gasteiger partial charge in [0.15, 0.2) is 0 Å². The number of anilines is 2. The number of hydrogen-bond acceptors (Lipinski definition) is 8. The second-order valence-electron chi connectivity index (χ2n) is 8.68. The van der Waals surface area contributed by atoms with Crippen LogP contribution in [-0.4, -0.2) is 32.5 Å². The molecule has 4 rings (SSSR count). The third-order valence-corrected chi connectivity index (χ3v) is 5.88. The van der Waals surface area contributed by atoms with Crippen molar-refractivity contribution >= 4 is 23.3 Å². The molecule has 200 valence electrons. The smallest absolute Gasteiger partial charge is 0.336 e. The van der Waals surface area contributed by atoms with Crippen molar-refractivity contribution in [3.05, 3.63) is 118 Å². The molecule has 0 bridgehead atoms. The molecule has 6 N–H and O–H groups in total. The average molecular weight is 531 g/mol. The van der Waals surface area contributed by atoms with Crippen LogP contribution in [0, 0.1) is 0 Å². The van der Waals surface area contributed by atoms with Gasteiger partial charge in [-0.05, 0) is 83.3 Å². The van der Waals surface area contributed by atoms with Crippen molar-refractivity contribution in [3.8, 4) is 11.5 Å². The highest BCUT2D eigenvalue weighted by atomic mass is 17.1. The van der Waals surface area contributed by atoms with Gasteiger partial charge < -0.3 is 20.6 Å². The van der Waals surface area contributed by atoms with Crippen molar-refractivity contribution in [2.24, 2.45) is 0 Å². The monoisotopic (exact) mass is 530 g/mol. The first-order chi connectivity index (χ1) is 18.8. The summed E-state index contributed by atoms with van der Waals surface area (Å²) in [6.07, 6.45) is 0.647. The predicted molar refractivity (Wildman–Crippen MR) is 143 cm³/mol. The lowest BCUT2D eigenvalue weighted by atomic mass is 10.0. The second-order valence-corrected chi connectivity index (χ2v) is 8.68.